The molecule has 0 aliphatic heterocycles. The molecule has 0 fully saturated rings. The average Bonchev–Trinajstić information content (AvgIpc) is 2.32. The van der Waals surface area contributed by atoms with Gasteiger partial charge in [-0.25, -0.2) is 0 Å². The number of rotatable bonds is 0. The molecule has 2 nitrogen and oxygen atoms in total. The Hall–Kier alpha value is -0.130. The summed E-state index contributed by atoms with van der Waals surface area (Å²) in [5.74, 6) is 0.188. The van der Waals surface area contributed by atoms with Crippen LogP contribution in [0.4, 0.5) is 0 Å². The van der Waals surface area contributed by atoms with Crippen molar-refractivity contribution in [2.45, 2.75) is 0 Å². The zero-order chi connectivity index (χ0) is 14.6. The van der Waals surface area contributed by atoms with Crippen LogP contribution in [0.25, 0.3) is 0 Å². The van der Waals surface area contributed by atoms with E-state index in [-0.39, 0.29) is 11.5 Å². The van der Waals surface area contributed by atoms with E-state index in [1.165, 1.54) is 6.07 Å². The summed E-state index contributed by atoms with van der Waals surface area (Å²) in [7, 11) is 0. The Morgan fingerprint density at radius 3 is 1.74 bits per heavy atom. The fraction of sp³-hybridized carbons (Fsp3) is 0. The zero-order valence-electron chi connectivity index (χ0n) is 9.17. The van der Waals surface area contributed by atoms with Crippen molar-refractivity contribution in [2.24, 2.45) is 0 Å². The van der Waals surface area contributed by atoms with Gasteiger partial charge in [-0.15, -0.1) is 0 Å². The van der Waals surface area contributed by atoms with Crippen LogP contribution in [-0.2, 0) is 0 Å². The Kier molecular flexibility index (Phi) is 6.77. The van der Waals surface area contributed by atoms with Gasteiger partial charge >= 0.3 is 0 Å². The highest BCUT2D eigenvalue weighted by Crippen LogP contribution is 2.34. The predicted octanol–water partition coefficient (Wildman–Crippen LogP) is 6.27. The largest absolute Gasteiger partial charge is 0.506 e. The van der Waals surface area contributed by atoms with Crippen LogP contribution in [0.3, 0.4) is 0 Å². The number of benzene rings is 2. The number of hydrogen-bond donors (Lipinski definition) is 2. The number of phenolic OH excluding ortho intramolecular Hbond substituents is 2. The number of hydrogen-bond acceptors (Lipinski definition) is 2. The molecule has 0 bridgehead atoms. The second-order valence-corrected chi connectivity index (χ2v) is 6.30. The predicted molar refractivity (Wildman–Crippen MR) is 86.6 cm³/mol. The lowest BCUT2D eigenvalue weighted by Gasteiger charge is -1.99. The molecule has 2 aromatic rings. The average molecular weight is 449 g/mol. The number of aromatic hydroxyl groups is 2. The van der Waals surface area contributed by atoms with Crippen LogP contribution in [-0.4, -0.2) is 10.2 Å². The Bertz CT molecular complexity index is 568. The summed E-state index contributed by atoms with van der Waals surface area (Å²) < 4.78 is 1.18. The molecule has 0 unspecified atom stereocenters. The normalized spacial score (nSPS) is 9.74. The first kappa shape index (κ1) is 16.9. The minimum atomic E-state index is 0.0177. The smallest absolute Gasteiger partial charge is 0.144 e. The summed E-state index contributed by atoms with van der Waals surface area (Å²) >= 11 is 22.9. The van der Waals surface area contributed by atoms with Gasteiger partial charge in [0.05, 0.1) is 14.0 Å². The van der Waals surface area contributed by atoms with Crippen molar-refractivity contribution in [1.82, 2.24) is 0 Å². The van der Waals surface area contributed by atoms with Gasteiger partial charge in [0, 0.05) is 16.1 Å². The maximum atomic E-state index is 9.18. The molecule has 0 atom stereocenters. The second kappa shape index (κ2) is 7.60. The molecule has 0 aliphatic rings. The van der Waals surface area contributed by atoms with Gasteiger partial charge in [-0.05, 0) is 56.1 Å². The minimum Gasteiger partial charge on any atom is -0.506 e. The van der Waals surface area contributed by atoms with Gasteiger partial charge < -0.3 is 10.2 Å². The molecule has 0 saturated heterocycles. The fourth-order valence-corrected chi connectivity index (χ4v) is 2.97. The van der Waals surface area contributed by atoms with E-state index in [1.54, 1.807) is 24.3 Å². The quantitative estimate of drug-likeness (QED) is 0.498. The van der Waals surface area contributed by atoms with Gasteiger partial charge in [0.2, 0.25) is 0 Å². The molecule has 0 amide bonds. The van der Waals surface area contributed by atoms with E-state index >= 15 is 0 Å². The molecule has 19 heavy (non-hydrogen) atoms. The first-order valence-corrected chi connectivity index (χ1v) is 7.50. The first-order chi connectivity index (χ1) is 8.81. The monoisotopic (exact) mass is 446 g/mol. The molecule has 102 valence electrons. The van der Waals surface area contributed by atoms with Crippen LogP contribution >= 0.6 is 66.7 Å². The first-order valence-electron chi connectivity index (χ1n) is 4.78. The van der Waals surface area contributed by atoms with Crippen LogP contribution in [0.1, 0.15) is 0 Å². The van der Waals surface area contributed by atoms with Crippen molar-refractivity contribution in [3.63, 3.8) is 0 Å². The molecule has 0 aliphatic carbocycles. The van der Waals surface area contributed by atoms with Crippen molar-refractivity contribution in [1.29, 1.82) is 0 Å². The topological polar surface area (TPSA) is 40.5 Å². The van der Waals surface area contributed by atoms with E-state index in [0.717, 1.165) is 0 Å². The summed E-state index contributed by atoms with van der Waals surface area (Å²) in [6.07, 6.45) is 0. The Labute approximate surface area is 142 Å². The van der Waals surface area contributed by atoms with E-state index in [2.05, 4.69) is 31.9 Å². The van der Waals surface area contributed by atoms with Crippen molar-refractivity contribution in [2.75, 3.05) is 0 Å². The molecule has 0 heterocycles. The highest BCUT2D eigenvalue weighted by molar-refractivity contribution is 9.11. The van der Waals surface area contributed by atoms with E-state index in [1.807, 2.05) is 0 Å². The summed E-state index contributed by atoms with van der Waals surface area (Å²) in [5, 5.41) is 19.4. The van der Waals surface area contributed by atoms with Gasteiger partial charge in [-0.2, -0.15) is 0 Å². The van der Waals surface area contributed by atoms with Gasteiger partial charge in [-0.3, -0.25) is 0 Å². The molecular formula is C12H7Br2Cl3O2. The van der Waals surface area contributed by atoms with Crippen molar-refractivity contribution >= 4 is 66.7 Å². The maximum absolute atomic E-state index is 9.18. The van der Waals surface area contributed by atoms with E-state index in [4.69, 9.17) is 39.9 Å². The van der Waals surface area contributed by atoms with Crippen LogP contribution in [0, 0.1) is 0 Å². The maximum Gasteiger partial charge on any atom is 0.144 e. The second-order valence-electron chi connectivity index (χ2n) is 3.31. The van der Waals surface area contributed by atoms with Crippen LogP contribution in [0.5, 0.6) is 11.5 Å². The standard InChI is InChI=1S/C6H3Br2ClO.C6H4Cl2O/c7-4-1-3(9)2-5(8)6(4)10;7-4-1-2-5(8)6(9)3-4/h1-2,10H;1-3,9H. The summed E-state index contributed by atoms with van der Waals surface area (Å²) in [4.78, 5) is 0. The fourth-order valence-electron chi connectivity index (χ4n) is 1.02. The highest BCUT2D eigenvalue weighted by atomic mass is 79.9. The van der Waals surface area contributed by atoms with Gasteiger partial charge in [0.15, 0.2) is 0 Å². The van der Waals surface area contributed by atoms with E-state index in [9.17, 15) is 5.11 Å². The van der Waals surface area contributed by atoms with E-state index in [0.29, 0.717) is 24.0 Å². The third-order valence-corrected chi connectivity index (χ3v) is 3.87. The molecule has 2 N–H and O–H groups in total. The molecule has 0 radical (unpaired) electrons. The number of phenols is 2. The van der Waals surface area contributed by atoms with Crippen LogP contribution in [0.2, 0.25) is 15.1 Å². The zero-order valence-corrected chi connectivity index (χ0v) is 14.6. The van der Waals surface area contributed by atoms with Gasteiger partial charge in [0.1, 0.15) is 11.5 Å². The lowest BCUT2D eigenvalue weighted by Crippen LogP contribution is -1.71. The molecule has 7 heteroatoms. The molecule has 2 aromatic carbocycles. The molecule has 2 rings (SSSR count). The van der Waals surface area contributed by atoms with Crippen LogP contribution < -0.4 is 0 Å². The minimum absolute atomic E-state index is 0.0177. The molecular weight excluding hydrogens is 442 g/mol. The Balaban J connectivity index is 0.000000191. The SMILES string of the molecule is Oc1c(Br)cc(Cl)cc1Br.Oc1cc(Cl)ccc1Cl. The highest BCUT2D eigenvalue weighted by Gasteiger charge is 2.03. The Morgan fingerprint density at radius 1 is 0.789 bits per heavy atom. The van der Waals surface area contributed by atoms with Gasteiger partial charge in [0.25, 0.3) is 0 Å². The third kappa shape index (κ3) is 5.40. The Morgan fingerprint density at radius 2 is 1.32 bits per heavy atom. The third-order valence-electron chi connectivity index (χ3n) is 1.89. The molecule has 0 spiro atoms. The summed E-state index contributed by atoms with van der Waals surface area (Å²) in [5.41, 5.74) is 0. The molecule has 0 aromatic heterocycles. The van der Waals surface area contributed by atoms with Crippen molar-refractivity contribution in [3.8, 4) is 11.5 Å². The van der Waals surface area contributed by atoms with E-state index < -0.39 is 0 Å². The lowest BCUT2D eigenvalue weighted by atomic mass is 10.3. The van der Waals surface area contributed by atoms with Crippen molar-refractivity contribution < 1.29 is 10.2 Å². The van der Waals surface area contributed by atoms with Crippen LogP contribution in [0.15, 0.2) is 39.3 Å². The summed E-state index contributed by atoms with van der Waals surface area (Å²) in [6, 6.07) is 7.80. The summed E-state index contributed by atoms with van der Waals surface area (Å²) in [6.45, 7) is 0. The molecule has 0 saturated carbocycles. The number of halogens is 5. The lowest BCUT2D eigenvalue weighted by molar-refractivity contribution is 0.468. The van der Waals surface area contributed by atoms with Crippen molar-refractivity contribution in [3.05, 3.63) is 54.3 Å². The van der Waals surface area contributed by atoms with Gasteiger partial charge in [-0.1, -0.05) is 34.8 Å².